The molecule has 1 heterocycles. The van der Waals surface area contributed by atoms with Crippen molar-refractivity contribution in [2.45, 2.75) is 63.2 Å². The molecule has 0 bridgehead atoms. The first kappa shape index (κ1) is 20.9. The lowest BCUT2D eigenvalue weighted by atomic mass is 9.87. The van der Waals surface area contributed by atoms with E-state index in [0.717, 1.165) is 50.9 Å². The highest BCUT2D eigenvalue weighted by atomic mass is 19.4. The van der Waals surface area contributed by atoms with Gasteiger partial charge in [0.25, 0.3) is 10.9 Å². The van der Waals surface area contributed by atoms with Crippen LogP contribution < -0.4 is 21.5 Å². The van der Waals surface area contributed by atoms with Crippen molar-refractivity contribution in [1.29, 1.82) is 0 Å². The lowest BCUT2D eigenvalue weighted by Gasteiger charge is -2.42. The minimum Gasteiger partial charge on any atom is -0.376 e. The third-order valence-corrected chi connectivity index (χ3v) is 6.31. The van der Waals surface area contributed by atoms with E-state index < -0.39 is 22.6 Å². The number of benzene rings is 1. The van der Waals surface area contributed by atoms with E-state index >= 15 is 0 Å². The van der Waals surface area contributed by atoms with Crippen LogP contribution in [0, 0.1) is 0 Å². The zero-order valence-electron chi connectivity index (χ0n) is 16.7. The Kier molecular flexibility index (Phi) is 5.86. The van der Waals surface area contributed by atoms with E-state index in [-0.39, 0.29) is 17.4 Å². The molecule has 1 aliphatic heterocycles. The lowest BCUT2D eigenvalue weighted by Crippen LogP contribution is -2.52. The maximum atomic E-state index is 12.7. The van der Waals surface area contributed by atoms with Crippen molar-refractivity contribution in [2.75, 3.05) is 23.7 Å². The highest BCUT2D eigenvalue weighted by Crippen LogP contribution is 2.32. The molecule has 30 heavy (non-hydrogen) atoms. The molecule has 2 aromatic carbocycles. The first-order chi connectivity index (χ1) is 14.3. The molecule has 4 rings (SSSR count). The summed E-state index contributed by atoms with van der Waals surface area (Å²) in [6.45, 7) is 2.12. The smallest absolute Gasteiger partial charge is 0.376 e. The van der Waals surface area contributed by atoms with Crippen LogP contribution in [0.25, 0.3) is 0 Å². The molecule has 1 saturated heterocycles. The second-order valence-corrected chi connectivity index (χ2v) is 8.31. The molecule has 0 spiro atoms. The molecule has 1 saturated carbocycles. The average Bonchev–Trinajstić information content (AvgIpc) is 2.76. The first-order valence-corrected chi connectivity index (χ1v) is 10.6. The van der Waals surface area contributed by atoms with Crippen molar-refractivity contribution in [3.8, 4) is 0 Å². The summed E-state index contributed by atoms with van der Waals surface area (Å²) in [7, 11) is 0. The fourth-order valence-corrected chi connectivity index (χ4v) is 4.69. The molecule has 2 aromatic rings. The Balaban J connectivity index is 1.49. The van der Waals surface area contributed by atoms with Crippen LogP contribution in [0.2, 0.25) is 0 Å². The zero-order valence-corrected chi connectivity index (χ0v) is 16.7. The summed E-state index contributed by atoms with van der Waals surface area (Å²) >= 11 is 0. The fourth-order valence-electron chi connectivity index (χ4n) is 4.69. The summed E-state index contributed by atoms with van der Waals surface area (Å²) in [4.78, 5) is 26.9. The number of likely N-dealkylation sites (tertiary alicyclic amines) is 1. The number of anilines is 3. The van der Waals surface area contributed by atoms with Gasteiger partial charge in [0.2, 0.25) is 0 Å². The number of alkyl halides is 3. The molecule has 5 nitrogen and oxygen atoms in total. The largest absolute Gasteiger partial charge is 0.416 e. The van der Waals surface area contributed by atoms with Crippen molar-refractivity contribution in [1.82, 2.24) is 4.90 Å². The predicted molar refractivity (Wildman–Crippen MR) is 111 cm³/mol. The van der Waals surface area contributed by atoms with Crippen molar-refractivity contribution >= 4 is 17.1 Å². The third-order valence-electron chi connectivity index (χ3n) is 6.31. The van der Waals surface area contributed by atoms with Gasteiger partial charge in [-0.2, -0.15) is 13.2 Å². The Bertz CT molecular complexity index is 942. The van der Waals surface area contributed by atoms with E-state index in [1.165, 1.54) is 31.4 Å². The molecule has 0 radical (unpaired) electrons. The Hall–Kier alpha value is -2.35. The SMILES string of the molecule is O=c1c(Nc2ccc(C(F)(F)F)cc2)c(NC2CCCC[C@H]2N2CCCCC2)c1=O. The Morgan fingerprint density at radius 2 is 1.47 bits per heavy atom. The average molecular weight is 421 g/mol. The highest BCUT2D eigenvalue weighted by molar-refractivity contribution is 5.79. The molecule has 162 valence electrons. The van der Waals surface area contributed by atoms with E-state index in [0.29, 0.717) is 11.7 Å². The van der Waals surface area contributed by atoms with Crippen LogP contribution in [0.5, 0.6) is 0 Å². The Morgan fingerprint density at radius 1 is 0.833 bits per heavy atom. The van der Waals surface area contributed by atoms with Crippen LogP contribution in [0.3, 0.4) is 0 Å². The maximum Gasteiger partial charge on any atom is 0.416 e. The zero-order chi connectivity index (χ0) is 21.3. The van der Waals surface area contributed by atoms with E-state index in [4.69, 9.17) is 0 Å². The Labute approximate surface area is 173 Å². The topological polar surface area (TPSA) is 61.4 Å². The summed E-state index contributed by atoms with van der Waals surface area (Å²) in [5, 5.41) is 6.15. The first-order valence-electron chi connectivity index (χ1n) is 10.6. The van der Waals surface area contributed by atoms with Gasteiger partial charge in [0, 0.05) is 17.8 Å². The normalized spacial score (nSPS) is 23.4. The number of piperidine rings is 1. The summed E-state index contributed by atoms with van der Waals surface area (Å²) in [5.41, 5.74) is -1.22. The fraction of sp³-hybridized carbons (Fsp3) is 0.545. The van der Waals surface area contributed by atoms with Gasteiger partial charge in [-0.05, 0) is 63.0 Å². The molecule has 8 heteroatoms. The van der Waals surface area contributed by atoms with E-state index in [9.17, 15) is 22.8 Å². The van der Waals surface area contributed by atoms with Crippen molar-refractivity contribution < 1.29 is 13.2 Å². The van der Waals surface area contributed by atoms with E-state index in [1.807, 2.05) is 0 Å². The van der Waals surface area contributed by atoms with Crippen molar-refractivity contribution in [3.63, 3.8) is 0 Å². The van der Waals surface area contributed by atoms with Gasteiger partial charge >= 0.3 is 6.18 Å². The second kappa shape index (κ2) is 8.41. The number of hydrogen-bond donors (Lipinski definition) is 2. The standard InChI is InChI=1S/C22H26F3N3O2/c23-22(24,25)14-8-10-15(11-9-14)26-18-19(21(30)20(18)29)27-16-6-2-3-7-17(16)28-12-4-1-5-13-28/h8-11,16-17,26-27H,1-7,12-13H2/t16?,17-/m1/s1. The number of halogens is 3. The van der Waals surface area contributed by atoms with Gasteiger partial charge in [0.1, 0.15) is 11.4 Å². The summed E-state index contributed by atoms with van der Waals surface area (Å²) in [6.07, 6.45) is 3.42. The molecule has 2 fully saturated rings. The molecule has 2 atom stereocenters. The number of hydrogen-bond acceptors (Lipinski definition) is 5. The van der Waals surface area contributed by atoms with Crippen LogP contribution in [-0.4, -0.2) is 30.1 Å². The number of nitrogens with zero attached hydrogens (tertiary/aromatic N) is 1. The number of nitrogens with one attached hydrogen (secondary N) is 2. The van der Waals surface area contributed by atoms with Crippen LogP contribution in [-0.2, 0) is 6.18 Å². The molecule has 1 aliphatic carbocycles. The van der Waals surface area contributed by atoms with E-state index in [1.54, 1.807) is 0 Å². The highest BCUT2D eigenvalue weighted by Gasteiger charge is 2.34. The third kappa shape index (κ3) is 4.24. The van der Waals surface area contributed by atoms with Gasteiger partial charge in [0.05, 0.1) is 5.56 Å². The summed E-state index contributed by atoms with van der Waals surface area (Å²) in [6, 6.07) is 4.86. The van der Waals surface area contributed by atoms with Gasteiger partial charge in [0.15, 0.2) is 0 Å². The summed E-state index contributed by atoms with van der Waals surface area (Å²) in [5.74, 6) is 0. The molecule has 2 N–H and O–H groups in total. The Morgan fingerprint density at radius 3 is 2.13 bits per heavy atom. The van der Waals surface area contributed by atoms with Gasteiger partial charge < -0.3 is 10.6 Å². The predicted octanol–water partition coefficient (Wildman–Crippen LogP) is 4.25. The van der Waals surface area contributed by atoms with Crippen molar-refractivity contribution in [2.24, 2.45) is 0 Å². The molecular weight excluding hydrogens is 395 g/mol. The van der Waals surface area contributed by atoms with Crippen LogP contribution in [0.4, 0.5) is 30.2 Å². The van der Waals surface area contributed by atoms with Crippen LogP contribution in [0.15, 0.2) is 33.9 Å². The summed E-state index contributed by atoms with van der Waals surface area (Å²) < 4.78 is 38.2. The molecular formula is C22H26F3N3O2. The van der Waals surface area contributed by atoms with Crippen LogP contribution >= 0.6 is 0 Å². The maximum absolute atomic E-state index is 12.7. The van der Waals surface area contributed by atoms with E-state index in [2.05, 4.69) is 15.5 Å². The molecule has 1 unspecified atom stereocenters. The minimum absolute atomic E-state index is 0.0910. The molecule has 0 amide bonds. The van der Waals surface area contributed by atoms with Gasteiger partial charge in [-0.25, -0.2) is 0 Å². The molecule has 0 aromatic heterocycles. The van der Waals surface area contributed by atoms with Crippen molar-refractivity contribution in [3.05, 3.63) is 50.3 Å². The lowest BCUT2D eigenvalue weighted by molar-refractivity contribution is -0.137. The van der Waals surface area contributed by atoms with Gasteiger partial charge in [-0.3, -0.25) is 14.5 Å². The monoisotopic (exact) mass is 421 g/mol. The number of rotatable bonds is 5. The second-order valence-electron chi connectivity index (χ2n) is 8.31. The van der Waals surface area contributed by atoms with Gasteiger partial charge in [-0.1, -0.05) is 19.3 Å². The van der Waals surface area contributed by atoms with Gasteiger partial charge in [-0.15, -0.1) is 0 Å². The molecule has 2 aliphatic rings. The van der Waals surface area contributed by atoms with Crippen LogP contribution in [0.1, 0.15) is 50.5 Å². The minimum atomic E-state index is -4.42. The quantitative estimate of drug-likeness (QED) is 0.707.